The maximum absolute atomic E-state index is 13.7. The summed E-state index contributed by atoms with van der Waals surface area (Å²) in [5, 5.41) is 13.8. The first-order valence-corrected chi connectivity index (χ1v) is 8.11. The summed E-state index contributed by atoms with van der Waals surface area (Å²) in [4.78, 5) is 26.0. The number of nitro benzene ring substituents is 1. The number of nitro groups is 1. The fourth-order valence-corrected chi connectivity index (χ4v) is 2.90. The van der Waals surface area contributed by atoms with Crippen LogP contribution in [0.5, 0.6) is 0 Å². The molecule has 1 heterocycles. The lowest BCUT2D eigenvalue weighted by Gasteiger charge is -2.07. The van der Waals surface area contributed by atoms with Gasteiger partial charge in [-0.1, -0.05) is 0 Å². The molecule has 0 aliphatic carbocycles. The van der Waals surface area contributed by atoms with E-state index < -0.39 is 45.5 Å². The van der Waals surface area contributed by atoms with Crippen molar-refractivity contribution in [3.05, 3.63) is 74.4 Å². The fourth-order valence-electron chi connectivity index (χ4n) is 2.18. The number of rotatable bonds is 4. The highest BCUT2D eigenvalue weighted by Crippen LogP contribution is 2.28. The van der Waals surface area contributed by atoms with Gasteiger partial charge in [0.2, 0.25) is 5.82 Å². The summed E-state index contributed by atoms with van der Waals surface area (Å²) in [7, 11) is 0. The van der Waals surface area contributed by atoms with Crippen LogP contribution in [0.4, 0.5) is 32.8 Å². The molecule has 1 N–H and O–H groups in total. The normalized spacial score (nSPS) is 10.8. The highest BCUT2D eigenvalue weighted by Gasteiger charge is 2.30. The lowest BCUT2D eigenvalue weighted by molar-refractivity contribution is -0.384. The van der Waals surface area contributed by atoms with Crippen molar-refractivity contribution in [1.29, 1.82) is 0 Å². The Morgan fingerprint density at radius 1 is 0.964 bits per heavy atom. The molecule has 0 bridgehead atoms. The third-order valence-corrected chi connectivity index (χ3v) is 4.29. The predicted octanol–water partition coefficient (Wildman–Crippen LogP) is 4.67. The van der Waals surface area contributed by atoms with Gasteiger partial charge in [0.25, 0.3) is 11.6 Å². The van der Waals surface area contributed by atoms with Crippen molar-refractivity contribution in [2.75, 3.05) is 5.32 Å². The van der Waals surface area contributed by atoms with Crippen LogP contribution >= 0.6 is 11.3 Å². The lowest BCUT2D eigenvalue weighted by atomic mass is 10.1. The molecule has 0 saturated heterocycles. The first-order chi connectivity index (χ1) is 13.2. The molecule has 0 fully saturated rings. The molecule has 1 amide bonds. The number of benzene rings is 2. The van der Waals surface area contributed by atoms with Crippen LogP contribution in [0.1, 0.15) is 10.4 Å². The van der Waals surface area contributed by atoms with Crippen LogP contribution in [0.25, 0.3) is 11.3 Å². The zero-order valence-electron chi connectivity index (χ0n) is 13.3. The van der Waals surface area contributed by atoms with Crippen LogP contribution in [-0.4, -0.2) is 15.8 Å². The van der Waals surface area contributed by atoms with Gasteiger partial charge < -0.3 is 0 Å². The molecule has 0 aliphatic rings. The average Bonchev–Trinajstić information content (AvgIpc) is 3.13. The van der Waals surface area contributed by atoms with Gasteiger partial charge in [-0.15, -0.1) is 11.3 Å². The first kappa shape index (κ1) is 19.4. The first-order valence-electron chi connectivity index (χ1n) is 7.23. The molecule has 3 rings (SSSR count). The van der Waals surface area contributed by atoms with Gasteiger partial charge in [-0.3, -0.25) is 20.2 Å². The van der Waals surface area contributed by atoms with Crippen molar-refractivity contribution in [3.8, 4) is 11.3 Å². The average molecular weight is 415 g/mol. The Bertz CT molecular complexity index is 1070. The smallest absolute Gasteiger partial charge is 0.269 e. The quantitative estimate of drug-likeness (QED) is 0.221. The summed E-state index contributed by atoms with van der Waals surface area (Å²) in [5.74, 6) is -13.0. The van der Waals surface area contributed by atoms with E-state index >= 15 is 0 Å². The summed E-state index contributed by atoms with van der Waals surface area (Å²) in [6.07, 6.45) is 0. The van der Waals surface area contributed by atoms with E-state index in [1.165, 1.54) is 29.6 Å². The summed E-state index contributed by atoms with van der Waals surface area (Å²) in [6, 6.07) is 5.23. The number of hydrogen-bond acceptors (Lipinski definition) is 5. The summed E-state index contributed by atoms with van der Waals surface area (Å²) < 4.78 is 66.8. The van der Waals surface area contributed by atoms with Crippen LogP contribution < -0.4 is 5.32 Å². The van der Waals surface area contributed by atoms with Crippen LogP contribution in [0.3, 0.4) is 0 Å². The Kier molecular flexibility index (Phi) is 5.05. The minimum absolute atomic E-state index is 0.154. The van der Waals surface area contributed by atoms with E-state index in [-0.39, 0.29) is 16.5 Å². The Balaban J connectivity index is 1.86. The molecule has 0 aliphatic heterocycles. The minimum Gasteiger partial charge on any atom is -0.298 e. The van der Waals surface area contributed by atoms with Crippen LogP contribution in [0.15, 0.2) is 29.6 Å². The van der Waals surface area contributed by atoms with Gasteiger partial charge in [-0.25, -0.2) is 26.9 Å². The van der Waals surface area contributed by atoms with Gasteiger partial charge in [-0.05, 0) is 12.1 Å². The molecular formula is C16H6F5N3O3S. The van der Waals surface area contributed by atoms with Crippen molar-refractivity contribution in [1.82, 2.24) is 4.98 Å². The maximum Gasteiger partial charge on any atom is 0.269 e. The number of anilines is 1. The number of non-ortho nitro benzene ring substituents is 1. The molecular weight excluding hydrogens is 409 g/mol. The Hall–Kier alpha value is -3.41. The zero-order valence-corrected chi connectivity index (χ0v) is 14.1. The minimum atomic E-state index is -2.37. The zero-order chi connectivity index (χ0) is 20.6. The monoisotopic (exact) mass is 415 g/mol. The number of amides is 1. The Labute approximate surface area is 156 Å². The largest absolute Gasteiger partial charge is 0.298 e. The fraction of sp³-hybridized carbons (Fsp3) is 0. The van der Waals surface area contributed by atoms with Gasteiger partial charge in [0.05, 0.1) is 10.6 Å². The highest BCUT2D eigenvalue weighted by atomic mass is 32.1. The second-order valence-electron chi connectivity index (χ2n) is 5.24. The van der Waals surface area contributed by atoms with Crippen molar-refractivity contribution in [2.24, 2.45) is 0 Å². The topological polar surface area (TPSA) is 85.1 Å². The number of hydrogen-bond donors (Lipinski definition) is 1. The highest BCUT2D eigenvalue weighted by molar-refractivity contribution is 7.14. The third kappa shape index (κ3) is 3.41. The van der Waals surface area contributed by atoms with Crippen LogP contribution in [0.2, 0.25) is 0 Å². The molecule has 0 unspecified atom stereocenters. The second-order valence-corrected chi connectivity index (χ2v) is 6.10. The van der Waals surface area contributed by atoms with Crippen molar-refractivity contribution in [2.45, 2.75) is 0 Å². The van der Waals surface area contributed by atoms with Gasteiger partial charge in [0, 0.05) is 23.1 Å². The Morgan fingerprint density at radius 3 is 2.04 bits per heavy atom. The predicted molar refractivity (Wildman–Crippen MR) is 88.4 cm³/mol. The van der Waals surface area contributed by atoms with Crippen LogP contribution in [0, 0.1) is 39.2 Å². The van der Waals surface area contributed by atoms with E-state index in [2.05, 4.69) is 4.98 Å². The number of nitrogens with zero attached hydrogens (tertiary/aromatic N) is 2. The van der Waals surface area contributed by atoms with Gasteiger partial charge in [-0.2, -0.15) is 0 Å². The standard InChI is InChI=1S/C16H6F5N3O3S/c17-10-9(11(18)13(20)14(21)12(10)19)15(25)23-16-22-8(5-28-16)6-1-3-7(4-2-6)24(26)27/h1-5H,(H,22,23,25). The molecule has 12 heteroatoms. The summed E-state index contributed by atoms with van der Waals surface area (Å²) >= 11 is 0.818. The molecule has 2 aromatic carbocycles. The summed E-state index contributed by atoms with van der Waals surface area (Å²) in [6.45, 7) is 0. The number of carbonyl (C=O) groups is 1. The third-order valence-electron chi connectivity index (χ3n) is 3.54. The molecule has 144 valence electrons. The molecule has 0 spiro atoms. The van der Waals surface area contributed by atoms with E-state index in [9.17, 15) is 36.9 Å². The molecule has 6 nitrogen and oxygen atoms in total. The van der Waals surface area contributed by atoms with Crippen molar-refractivity contribution in [3.63, 3.8) is 0 Å². The number of halogens is 5. The van der Waals surface area contributed by atoms with E-state index in [0.717, 1.165) is 11.3 Å². The number of aromatic nitrogens is 1. The number of thiazole rings is 1. The van der Waals surface area contributed by atoms with Crippen molar-refractivity contribution < 1.29 is 31.7 Å². The lowest BCUT2D eigenvalue weighted by Crippen LogP contribution is -2.19. The number of nitrogens with one attached hydrogen (secondary N) is 1. The van der Waals surface area contributed by atoms with E-state index in [1.54, 1.807) is 0 Å². The van der Waals surface area contributed by atoms with E-state index in [0.29, 0.717) is 5.56 Å². The molecule has 28 heavy (non-hydrogen) atoms. The van der Waals surface area contributed by atoms with E-state index in [1.807, 2.05) is 5.32 Å². The number of carbonyl (C=O) groups excluding carboxylic acids is 1. The molecule has 0 atom stereocenters. The van der Waals surface area contributed by atoms with Crippen molar-refractivity contribution >= 4 is 28.1 Å². The van der Waals surface area contributed by atoms with E-state index in [4.69, 9.17) is 0 Å². The molecule has 3 aromatic rings. The van der Waals surface area contributed by atoms with Crippen LogP contribution in [-0.2, 0) is 0 Å². The SMILES string of the molecule is O=C(Nc1nc(-c2ccc([N+](=O)[O-])cc2)cs1)c1c(F)c(F)c(F)c(F)c1F. The Morgan fingerprint density at radius 2 is 1.50 bits per heavy atom. The maximum atomic E-state index is 13.7. The molecule has 0 radical (unpaired) electrons. The van der Waals surface area contributed by atoms with Gasteiger partial charge in [0.1, 0.15) is 5.56 Å². The van der Waals surface area contributed by atoms with Gasteiger partial charge in [0.15, 0.2) is 28.4 Å². The summed E-state index contributed by atoms with van der Waals surface area (Å²) in [5.41, 5.74) is -1.08. The second kappa shape index (κ2) is 7.31. The van der Waals surface area contributed by atoms with Gasteiger partial charge >= 0.3 is 0 Å². The molecule has 0 saturated carbocycles. The molecule has 1 aromatic heterocycles.